The molecular formula is C25H24N2O5. The summed E-state index contributed by atoms with van der Waals surface area (Å²) < 4.78 is 12.0. The summed E-state index contributed by atoms with van der Waals surface area (Å²) >= 11 is 0. The normalized spacial score (nSPS) is 12.8. The number of Topliss-reactive ketones (excluding diaryl/α,β-unsaturated/α-hetero) is 1. The first-order chi connectivity index (χ1) is 15.4. The minimum Gasteiger partial charge on any atom is -0.497 e. The molecule has 0 fully saturated rings. The van der Waals surface area contributed by atoms with Crippen LogP contribution in [-0.4, -0.2) is 30.5 Å². The third kappa shape index (κ3) is 3.89. The molecule has 0 saturated carbocycles. The third-order valence-corrected chi connectivity index (χ3v) is 5.61. The Morgan fingerprint density at radius 3 is 2.41 bits per heavy atom. The first-order valence-corrected chi connectivity index (χ1v) is 10.4. The molecular weight excluding hydrogens is 408 g/mol. The van der Waals surface area contributed by atoms with Crippen molar-refractivity contribution in [3.63, 3.8) is 0 Å². The Balaban J connectivity index is 1.83. The number of carbonyl (C=O) groups is 2. The number of fused-ring (bicyclic) bond motifs is 1. The van der Waals surface area contributed by atoms with Gasteiger partial charge in [-0.15, -0.1) is 0 Å². The van der Waals surface area contributed by atoms with Crippen molar-refractivity contribution in [1.29, 1.82) is 0 Å². The van der Waals surface area contributed by atoms with E-state index in [1.807, 2.05) is 31.2 Å². The van der Waals surface area contributed by atoms with E-state index in [2.05, 4.69) is 5.32 Å². The lowest BCUT2D eigenvalue weighted by Gasteiger charge is -2.22. The molecule has 2 aromatic carbocycles. The maximum atomic E-state index is 13.5. The molecule has 164 valence electrons. The van der Waals surface area contributed by atoms with Gasteiger partial charge in [-0.2, -0.15) is 0 Å². The van der Waals surface area contributed by atoms with E-state index in [4.69, 9.17) is 9.47 Å². The minimum absolute atomic E-state index is 0.0665. The summed E-state index contributed by atoms with van der Waals surface area (Å²) in [5, 5.41) is 2.74. The molecule has 0 spiro atoms. The zero-order valence-electron chi connectivity index (χ0n) is 18.2. The fourth-order valence-electron chi connectivity index (χ4n) is 3.91. The number of carbonyl (C=O) groups excluding carboxylic acids is 2. The summed E-state index contributed by atoms with van der Waals surface area (Å²) in [6.07, 6.45) is 1.66. The molecule has 1 aliphatic rings. The average Bonchev–Trinajstić information content (AvgIpc) is 2.80. The van der Waals surface area contributed by atoms with Crippen molar-refractivity contribution in [3.8, 4) is 17.2 Å². The topological polar surface area (TPSA) is 86.6 Å². The fourth-order valence-corrected chi connectivity index (χ4v) is 3.91. The largest absolute Gasteiger partial charge is 0.497 e. The number of pyridine rings is 1. The van der Waals surface area contributed by atoms with Crippen LogP contribution < -0.4 is 20.3 Å². The van der Waals surface area contributed by atoms with Gasteiger partial charge in [0.2, 0.25) is 0 Å². The van der Waals surface area contributed by atoms with Crippen molar-refractivity contribution < 1.29 is 19.1 Å². The molecule has 7 nitrogen and oxygen atoms in total. The lowest BCUT2D eigenvalue weighted by atomic mass is 9.92. The van der Waals surface area contributed by atoms with Crippen LogP contribution in [0.25, 0.3) is 5.69 Å². The van der Waals surface area contributed by atoms with Gasteiger partial charge in [0.25, 0.3) is 11.5 Å². The van der Waals surface area contributed by atoms with E-state index < -0.39 is 11.5 Å². The van der Waals surface area contributed by atoms with Gasteiger partial charge in [-0.05, 0) is 50.1 Å². The number of ether oxygens (including phenoxy) is 2. The molecule has 0 atom stereocenters. The van der Waals surface area contributed by atoms with Crippen molar-refractivity contribution in [2.45, 2.75) is 26.2 Å². The summed E-state index contributed by atoms with van der Waals surface area (Å²) in [7, 11) is 3.01. The summed E-state index contributed by atoms with van der Waals surface area (Å²) in [5.41, 5.74) is 2.57. The van der Waals surface area contributed by atoms with Gasteiger partial charge in [0.05, 0.1) is 19.9 Å². The number of amides is 1. The molecule has 1 aliphatic carbocycles. The quantitative estimate of drug-likeness (QED) is 0.660. The second-order valence-corrected chi connectivity index (χ2v) is 7.69. The second kappa shape index (κ2) is 8.70. The van der Waals surface area contributed by atoms with E-state index in [0.29, 0.717) is 53.4 Å². The Morgan fingerprint density at radius 1 is 0.969 bits per heavy atom. The van der Waals surface area contributed by atoms with Crippen molar-refractivity contribution in [3.05, 3.63) is 81.3 Å². The van der Waals surface area contributed by atoms with E-state index in [1.54, 1.807) is 18.2 Å². The van der Waals surface area contributed by atoms with Gasteiger partial charge in [0.1, 0.15) is 17.1 Å². The molecule has 4 rings (SSSR count). The van der Waals surface area contributed by atoms with Crippen molar-refractivity contribution in [1.82, 2.24) is 4.57 Å². The second-order valence-electron chi connectivity index (χ2n) is 7.69. The Kier molecular flexibility index (Phi) is 5.81. The number of anilines is 1. The first kappa shape index (κ1) is 21.4. The standard InChI is InChI=1S/C25H24N2O5/c1-15-7-9-16(10-8-15)27-21-5-4-6-22(28)18(21)14-19(25(27)30)24(29)26-20-12-11-17(31-2)13-23(20)32-3/h7-14H,4-6H2,1-3H3,(H,26,29). The summed E-state index contributed by atoms with van der Waals surface area (Å²) in [5.74, 6) is 0.287. The molecule has 32 heavy (non-hydrogen) atoms. The number of methoxy groups -OCH3 is 2. The minimum atomic E-state index is -0.611. The smallest absolute Gasteiger partial charge is 0.268 e. The van der Waals surface area contributed by atoms with E-state index in [9.17, 15) is 14.4 Å². The highest BCUT2D eigenvalue weighted by molar-refractivity contribution is 6.07. The Labute approximate surface area is 185 Å². The number of hydrogen-bond donors (Lipinski definition) is 1. The number of nitrogens with zero attached hydrogens (tertiary/aromatic N) is 1. The summed E-state index contributed by atoms with van der Waals surface area (Å²) in [6.45, 7) is 1.96. The highest BCUT2D eigenvalue weighted by Gasteiger charge is 2.26. The van der Waals surface area contributed by atoms with Gasteiger partial charge in [-0.3, -0.25) is 19.0 Å². The predicted octanol–water partition coefficient (Wildman–Crippen LogP) is 3.93. The molecule has 1 N–H and O–H groups in total. The van der Waals surface area contributed by atoms with Gasteiger partial charge >= 0.3 is 0 Å². The maximum Gasteiger partial charge on any atom is 0.268 e. The Hall–Kier alpha value is -3.87. The van der Waals surface area contributed by atoms with Crippen LogP contribution in [0.3, 0.4) is 0 Å². The average molecular weight is 432 g/mol. The van der Waals surface area contributed by atoms with Gasteiger partial charge in [0, 0.05) is 29.4 Å². The number of ketones is 1. The van der Waals surface area contributed by atoms with Crippen molar-refractivity contribution >= 4 is 17.4 Å². The molecule has 0 aliphatic heterocycles. The summed E-state index contributed by atoms with van der Waals surface area (Å²) in [4.78, 5) is 39.3. The Bertz CT molecular complexity index is 1260. The first-order valence-electron chi connectivity index (χ1n) is 10.4. The van der Waals surface area contributed by atoms with Crippen molar-refractivity contribution in [2.24, 2.45) is 0 Å². The third-order valence-electron chi connectivity index (χ3n) is 5.61. The van der Waals surface area contributed by atoms with E-state index in [0.717, 1.165) is 5.56 Å². The van der Waals surface area contributed by atoms with Gasteiger partial charge < -0.3 is 14.8 Å². The zero-order chi connectivity index (χ0) is 22.8. The maximum absolute atomic E-state index is 13.5. The number of aromatic nitrogens is 1. The molecule has 0 saturated heterocycles. The predicted molar refractivity (Wildman–Crippen MR) is 122 cm³/mol. The molecule has 0 bridgehead atoms. The van der Waals surface area contributed by atoms with Crippen LogP contribution in [-0.2, 0) is 6.42 Å². The number of rotatable bonds is 5. The van der Waals surface area contributed by atoms with Gasteiger partial charge in [-0.25, -0.2) is 0 Å². The van der Waals surface area contributed by atoms with Crippen LogP contribution in [0.4, 0.5) is 5.69 Å². The molecule has 1 heterocycles. The Morgan fingerprint density at radius 2 is 1.72 bits per heavy atom. The van der Waals surface area contributed by atoms with Crippen LogP contribution >= 0.6 is 0 Å². The number of benzene rings is 2. The van der Waals surface area contributed by atoms with Crippen LogP contribution in [0, 0.1) is 6.92 Å². The van der Waals surface area contributed by atoms with Gasteiger partial charge in [-0.1, -0.05) is 17.7 Å². The van der Waals surface area contributed by atoms with E-state index >= 15 is 0 Å². The fraction of sp³-hybridized carbons (Fsp3) is 0.240. The molecule has 0 unspecified atom stereocenters. The van der Waals surface area contributed by atoms with Crippen LogP contribution in [0.1, 0.15) is 44.8 Å². The van der Waals surface area contributed by atoms with Crippen LogP contribution in [0.2, 0.25) is 0 Å². The lowest BCUT2D eigenvalue weighted by Crippen LogP contribution is -2.33. The molecule has 0 radical (unpaired) electrons. The monoisotopic (exact) mass is 432 g/mol. The summed E-state index contributed by atoms with van der Waals surface area (Å²) in [6, 6.07) is 13.8. The molecule has 3 aromatic rings. The van der Waals surface area contributed by atoms with Gasteiger partial charge in [0.15, 0.2) is 5.78 Å². The van der Waals surface area contributed by atoms with Crippen LogP contribution in [0.5, 0.6) is 11.5 Å². The number of aryl methyl sites for hydroxylation is 1. The lowest BCUT2D eigenvalue weighted by molar-refractivity contribution is 0.0971. The number of hydrogen-bond acceptors (Lipinski definition) is 5. The highest BCUT2D eigenvalue weighted by Crippen LogP contribution is 2.30. The number of nitrogens with one attached hydrogen (secondary N) is 1. The van der Waals surface area contributed by atoms with E-state index in [1.165, 1.54) is 24.9 Å². The molecule has 1 aromatic heterocycles. The van der Waals surface area contributed by atoms with E-state index in [-0.39, 0.29) is 11.3 Å². The highest BCUT2D eigenvalue weighted by atomic mass is 16.5. The molecule has 1 amide bonds. The SMILES string of the molecule is COc1ccc(NC(=O)c2cc3c(n(-c4ccc(C)cc4)c2=O)CCCC3=O)c(OC)c1. The zero-order valence-corrected chi connectivity index (χ0v) is 18.2. The van der Waals surface area contributed by atoms with Crippen molar-refractivity contribution in [2.75, 3.05) is 19.5 Å². The molecule has 7 heteroatoms. The van der Waals surface area contributed by atoms with Crippen LogP contribution in [0.15, 0.2) is 53.3 Å².